The zero-order valence-corrected chi connectivity index (χ0v) is 10.4. The lowest BCUT2D eigenvalue weighted by Crippen LogP contribution is -1.80. The molecule has 2 aromatic carbocycles. The zero-order chi connectivity index (χ0) is 12.4. The van der Waals surface area contributed by atoms with E-state index in [0.29, 0.717) is 0 Å². The van der Waals surface area contributed by atoms with E-state index in [4.69, 9.17) is 0 Å². The molecule has 18 heavy (non-hydrogen) atoms. The van der Waals surface area contributed by atoms with E-state index in [1.165, 1.54) is 17.3 Å². The van der Waals surface area contributed by atoms with Gasteiger partial charge in [-0.05, 0) is 25.1 Å². The Balaban J connectivity index is 0.000000214. The fraction of sp³-hybridized carbons (Fsp3) is 0.188. The van der Waals surface area contributed by atoms with Crippen LogP contribution < -0.4 is 5.32 Å². The fourth-order valence-corrected chi connectivity index (χ4v) is 1.84. The highest BCUT2D eigenvalue weighted by atomic mass is 15.1. The van der Waals surface area contributed by atoms with Crippen LogP contribution >= 0.6 is 0 Å². The lowest BCUT2D eigenvalue weighted by atomic mass is 10.1. The van der Waals surface area contributed by atoms with Gasteiger partial charge in [-0.15, -0.1) is 0 Å². The molecule has 1 aromatic heterocycles. The number of pyridine rings is 1. The number of rotatable bonds is 0. The molecule has 1 atom stereocenters. The van der Waals surface area contributed by atoms with E-state index in [1.807, 2.05) is 36.4 Å². The highest BCUT2D eigenvalue weighted by Gasteiger charge is 2.10. The summed E-state index contributed by atoms with van der Waals surface area (Å²) in [6.45, 7) is 3.40. The van der Waals surface area contributed by atoms with Crippen molar-refractivity contribution in [1.29, 1.82) is 0 Å². The summed E-state index contributed by atoms with van der Waals surface area (Å²) in [5.41, 5.74) is 2.12. The van der Waals surface area contributed by atoms with E-state index < -0.39 is 0 Å². The van der Waals surface area contributed by atoms with E-state index in [9.17, 15) is 0 Å². The second-order valence-corrected chi connectivity index (χ2v) is 4.68. The topological polar surface area (TPSA) is 34.8 Å². The minimum absolute atomic E-state index is 0.833. The Hall–Kier alpha value is -1.93. The van der Waals surface area contributed by atoms with Crippen LogP contribution in [0.4, 0.5) is 0 Å². The van der Waals surface area contributed by atoms with Crippen molar-refractivity contribution in [3.63, 3.8) is 0 Å². The molecule has 2 heterocycles. The molecule has 1 aliphatic heterocycles. The van der Waals surface area contributed by atoms with Crippen LogP contribution in [-0.4, -0.2) is 17.6 Å². The lowest BCUT2D eigenvalue weighted by Gasteiger charge is -1.99. The van der Waals surface area contributed by atoms with Crippen LogP contribution in [0.15, 0.2) is 54.6 Å². The van der Waals surface area contributed by atoms with Crippen molar-refractivity contribution >= 4 is 21.8 Å². The van der Waals surface area contributed by atoms with Gasteiger partial charge in [-0.3, -0.25) is 0 Å². The Kier molecular flexibility index (Phi) is 2.95. The van der Waals surface area contributed by atoms with Crippen LogP contribution in [0.5, 0.6) is 0 Å². The predicted octanol–water partition coefficient (Wildman–Crippen LogP) is 3.37. The summed E-state index contributed by atoms with van der Waals surface area (Å²) < 4.78 is 0. The molecule has 2 nitrogen and oxygen atoms in total. The third kappa shape index (κ3) is 2.49. The first-order valence-corrected chi connectivity index (χ1v) is 6.31. The number of benzene rings is 2. The van der Waals surface area contributed by atoms with Gasteiger partial charge in [0.05, 0.1) is 11.0 Å². The van der Waals surface area contributed by atoms with Gasteiger partial charge < -0.3 is 5.32 Å². The molecule has 0 saturated carbocycles. The average Bonchev–Trinajstić information content (AvgIpc) is 3.19. The predicted molar refractivity (Wildman–Crippen MR) is 76.7 cm³/mol. The van der Waals surface area contributed by atoms with Gasteiger partial charge in [0.2, 0.25) is 0 Å². The lowest BCUT2D eigenvalue weighted by molar-refractivity contribution is 1.09. The molecule has 0 radical (unpaired) electrons. The van der Waals surface area contributed by atoms with Crippen molar-refractivity contribution < 1.29 is 0 Å². The van der Waals surface area contributed by atoms with E-state index >= 15 is 0 Å². The summed E-state index contributed by atoms with van der Waals surface area (Å²) in [5.74, 6) is 0. The normalized spacial score (nSPS) is 17.3. The fourth-order valence-electron chi connectivity index (χ4n) is 1.84. The van der Waals surface area contributed by atoms with Crippen molar-refractivity contribution in [2.24, 2.45) is 0 Å². The molecule has 1 fully saturated rings. The van der Waals surface area contributed by atoms with Crippen LogP contribution in [0.3, 0.4) is 0 Å². The molecule has 1 unspecified atom stereocenters. The van der Waals surface area contributed by atoms with Crippen LogP contribution in [0.2, 0.25) is 0 Å². The highest BCUT2D eigenvalue weighted by Crippen LogP contribution is 2.18. The molecule has 0 spiro atoms. The smallest absolute Gasteiger partial charge is 0.0709 e. The molecular weight excluding hydrogens is 220 g/mol. The first kappa shape index (κ1) is 11.2. The molecule has 0 bridgehead atoms. The first-order chi connectivity index (χ1) is 8.83. The number of fused-ring (bicyclic) bond motifs is 2. The molecular formula is C16H16N2. The quantitative estimate of drug-likeness (QED) is 0.480. The van der Waals surface area contributed by atoms with Crippen molar-refractivity contribution in [3.05, 3.63) is 54.6 Å². The molecule has 90 valence electrons. The van der Waals surface area contributed by atoms with Crippen molar-refractivity contribution in [2.75, 3.05) is 6.54 Å². The minimum atomic E-state index is 0.833. The monoisotopic (exact) mass is 236 g/mol. The maximum Gasteiger partial charge on any atom is 0.0709 e. The third-order valence-electron chi connectivity index (χ3n) is 3.04. The number of hydrogen-bond donors (Lipinski definition) is 1. The number of hydrogen-bond acceptors (Lipinski definition) is 2. The van der Waals surface area contributed by atoms with Gasteiger partial charge in [0, 0.05) is 23.4 Å². The molecule has 2 heteroatoms. The van der Waals surface area contributed by atoms with Crippen molar-refractivity contribution in [1.82, 2.24) is 10.3 Å². The van der Waals surface area contributed by atoms with Crippen LogP contribution in [-0.2, 0) is 0 Å². The van der Waals surface area contributed by atoms with Crippen LogP contribution in [0.1, 0.15) is 6.92 Å². The second kappa shape index (κ2) is 4.75. The molecule has 1 saturated heterocycles. The van der Waals surface area contributed by atoms with Gasteiger partial charge >= 0.3 is 0 Å². The Bertz CT molecular complexity index is 567. The number of aromatic nitrogens is 1. The molecule has 0 amide bonds. The summed E-state index contributed by atoms with van der Waals surface area (Å²) in [6.07, 6.45) is 0. The van der Waals surface area contributed by atoms with Crippen LogP contribution in [0.25, 0.3) is 21.8 Å². The van der Waals surface area contributed by atoms with Gasteiger partial charge in [-0.1, -0.05) is 36.4 Å². The van der Waals surface area contributed by atoms with E-state index in [0.717, 1.165) is 17.1 Å². The summed E-state index contributed by atoms with van der Waals surface area (Å²) in [4.78, 5) is 4.58. The van der Waals surface area contributed by atoms with Gasteiger partial charge in [0.25, 0.3) is 0 Å². The largest absolute Gasteiger partial charge is 0.311 e. The van der Waals surface area contributed by atoms with Gasteiger partial charge in [-0.25, -0.2) is 4.98 Å². The summed E-state index contributed by atoms with van der Waals surface area (Å²) in [7, 11) is 0. The Morgan fingerprint density at radius 3 is 1.83 bits per heavy atom. The Morgan fingerprint density at radius 2 is 1.39 bits per heavy atom. The summed E-state index contributed by atoms with van der Waals surface area (Å²) in [6, 6.07) is 19.4. The molecule has 3 aromatic rings. The second-order valence-electron chi connectivity index (χ2n) is 4.68. The molecule has 4 rings (SSSR count). The van der Waals surface area contributed by atoms with Crippen LogP contribution in [0, 0.1) is 0 Å². The van der Waals surface area contributed by atoms with Crippen molar-refractivity contribution in [3.8, 4) is 0 Å². The number of nitrogens with one attached hydrogen (secondary N) is 1. The van der Waals surface area contributed by atoms with E-state index in [-0.39, 0.29) is 0 Å². The van der Waals surface area contributed by atoms with Gasteiger partial charge in [0.15, 0.2) is 0 Å². The van der Waals surface area contributed by atoms with Gasteiger partial charge in [-0.2, -0.15) is 0 Å². The molecule has 1 N–H and O–H groups in total. The standard InChI is InChI=1S/C13H9N.C3H7N/c1-3-7-12-10(5-1)9-11-6-2-4-8-13(11)14-12;1-3-2-4-3/h1-9H;3-4H,2H2,1H3. The van der Waals surface area contributed by atoms with Gasteiger partial charge in [0.1, 0.15) is 0 Å². The van der Waals surface area contributed by atoms with E-state index in [2.05, 4.69) is 35.4 Å². The molecule has 1 aliphatic rings. The Labute approximate surface area is 107 Å². The Morgan fingerprint density at radius 1 is 0.944 bits per heavy atom. The maximum atomic E-state index is 4.58. The third-order valence-corrected chi connectivity index (χ3v) is 3.04. The average molecular weight is 236 g/mol. The summed E-state index contributed by atoms with van der Waals surface area (Å²) >= 11 is 0. The van der Waals surface area contributed by atoms with E-state index in [1.54, 1.807) is 0 Å². The summed E-state index contributed by atoms with van der Waals surface area (Å²) in [5, 5.41) is 5.50. The minimum Gasteiger partial charge on any atom is -0.311 e. The highest BCUT2D eigenvalue weighted by molar-refractivity contribution is 5.92. The number of para-hydroxylation sites is 2. The zero-order valence-electron chi connectivity index (χ0n) is 10.4. The molecule has 0 aliphatic carbocycles. The van der Waals surface area contributed by atoms with Crippen molar-refractivity contribution in [2.45, 2.75) is 13.0 Å². The SMILES string of the molecule is CC1CN1.c1ccc2nc3ccccc3cc2c1. The maximum absolute atomic E-state index is 4.58. The first-order valence-electron chi connectivity index (χ1n) is 6.31. The number of nitrogens with zero attached hydrogens (tertiary/aromatic N) is 1.